The van der Waals surface area contributed by atoms with Crippen LogP contribution in [0, 0.1) is 6.92 Å². The zero-order valence-corrected chi connectivity index (χ0v) is 8.90. The number of carbonyl (C=O) groups is 1. The lowest BCUT2D eigenvalue weighted by molar-refractivity contribution is -0.140. The molecule has 1 aromatic rings. The number of rotatable bonds is 3. The Morgan fingerprint density at radius 3 is 2.67 bits per heavy atom. The van der Waals surface area contributed by atoms with Gasteiger partial charge in [-0.25, -0.2) is 0 Å². The van der Waals surface area contributed by atoms with Gasteiger partial charge in [0.25, 0.3) is 0 Å². The highest BCUT2D eigenvalue weighted by Crippen LogP contribution is 2.40. The monoisotopic (exact) mass is 206 g/mol. The summed E-state index contributed by atoms with van der Waals surface area (Å²) in [5.74, 6) is -0.213. The van der Waals surface area contributed by atoms with Crippen molar-refractivity contribution in [2.24, 2.45) is 0 Å². The van der Waals surface area contributed by atoms with Crippen LogP contribution in [0.25, 0.3) is 0 Å². The molecule has 0 saturated carbocycles. The second kappa shape index (κ2) is 4.03. The van der Waals surface area contributed by atoms with Crippen LogP contribution in [-0.2, 0) is 14.3 Å². The van der Waals surface area contributed by atoms with E-state index in [1.165, 1.54) is 12.7 Å². The summed E-state index contributed by atoms with van der Waals surface area (Å²) in [6.45, 7) is 2.05. The summed E-state index contributed by atoms with van der Waals surface area (Å²) >= 11 is 0. The first-order chi connectivity index (χ1) is 7.20. The third-order valence-corrected chi connectivity index (χ3v) is 2.58. The molecule has 3 nitrogen and oxygen atoms in total. The van der Waals surface area contributed by atoms with Gasteiger partial charge in [-0.15, -0.1) is 0 Å². The van der Waals surface area contributed by atoms with Crippen molar-refractivity contribution in [3.63, 3.8) is 0 Å². The van der Waals surface area contributed by atoms with E-state index in [2.05, 4.69) is 4.74 Å². The number of esters is 1. The van der Waals surface area contributed by atoms with Crippen molar-refractivity contribution in [3.8, 4) is 0 Å². The number of ether oxygens (including phenoxy) is 2. The fourth-order valence-electron chi connectivity index (χ4n) is 1.60. The van der Waals surface area contributed by atoms with E-state index in [4.69, 9.17) is 4.74 Å². The van der Waals surface area contributed by atoms with Crippen LogP contribution in [0.2, 0.25) is 0 Å². The van der Waals surface area contributed by atoms with Gasteiger partial charge in [-0.1, -0.05) is 29.8 Å². The van der Waals surface area contributed by atoms with Crippen molar-refractivity contribution in [1.82, 2.24) is 0 Å². The highest BCUT2D eigenvalue weighted by molar-refractivity contribution is 5.70. The number of benzene rings is 1. The van der Waals surface area contributed by atoms with E-state index in [1.54, 1.807) is 0 Å². The fourth-order valence-corrected chi connectivity index (χ4v) is 1.60. The minimum absolute atomic E-state index is 0.000145. The van der Waals surface area contributed by atoms with Gasteiger partial charge < -0.3 is 9.47 Å². The van der Waals surface area contributed by atoms with Crippen molar-refractivity contribution >= 4 is 5.97 Å². The second-order valence-electron chi connectivity index (χ2n) is 3.79. The minimum Gasteiger partial charge on any atom is -0.469 e. The molecular formula is C12H14O3. The maximum atomic E-state index is 11.0. The molecule has 0 bridgehead atoms. The molecule has 0 radical (unpaired) electrons. The minimum atomic E-state index is -0.213. The highest BCUT2D eigenvalue weighted by Gasteiger charge is 2.41. The summed E-state index contributed by atoms with van der Waals surface area (Å²) < 4.78 is 10.00. The van der Waals surface area contributed by atoms with E-state index in [0.29, 0.717) is 6.42 Å². The van der Waals surface area contributed by atoms with Gasteiger partial charge in [0, 0.05) is 0 Å². The second-order valence-corrected chi connectivity index (χ2v) is 3.79. The van der Waals surface area contributed by atoms with Crippen LogP contribution < -0.4 is 0 Å². The lowest BCUT2D eigenvalue weighted by Gasteiger charge is -1.97. The normalized spacial score (nSPS) is 23.6. The van der Waals surface area contributed by atoms with E-state index in [0.717, 1.165) is 5.56 Å². The smallest absolute Gasteiger partial charge is 0.308 e. The number of methoxy groups -OCH3 is 1. The molecular weight excluding hydrogens is 192 g/mol. The van der Waals surface area contributed by atoms with Gasteiger partial charge in [-0.2, -0.15) is 0 Å². The first-order valence-electron chi connectivity index (χ1n) is 4.99. The zero-order valence-electron chi connectivity index (χ0n) is 8.90. The van der Waals surface area contributed by atoms with E-state index < -0.39 is 0 Å². The lowest BCUT2D eigenvalue weighted by Crippen LogP contribution is -2.04. The number of carbonyl (C=O) groups excluding carboxylic acids is 1. The van der Waals surface area contributed by atoms with Crippen molar-refractivity contribution in [2.45, 2.75) is 25.6 Å². The van der Waals surface area contributed by atoms with Crippen LogP contribution in [0.3, 0.4) is 0 Å². The number of epoxide rings is 1. The lowest BCUT2D eigenvalue weighted by atomic mass is 10.1. The Bertz CT molecular complexity index is 356. The fraction of sp³-hybridized carbons (Fsp3) is 0.417. The predicted molar refractivity (Wildman–Crippen MR) is 55.4 cm³/mol. The van der Waals surface area contributed by atoms with Gasteiger partial charge in [0.05, 0.1) is 19.6 Å². The molecule has 0 spiro atoms. The summed E-state index contributed by atoms with van der Waals surface area (Å²) in [5, 5.41) is 0. The van der Waals surface area contributed by atoms with Crippen molar-refractivity contribution < 1.29 is 14.3 Å². The van der Waals surface area contributed by atoms with Gasteiger partial charge in [-0.05, 0) is 12.5 Å². The average Bonchev–Trinajstić information content (AvgIpc) is 2.98. The van der Waals surface area contributed by atoms with Crippen LogP contribution in [0.15, 0.2) is 24.3 Å². The quantitative estimate of drug-likeness (QED) is 0.561. The van der Waals surface area contributed by atoms with Crippen LogP contribution in [0.5, 0.6) is 0 Å². The van der Waals surface area contributed by atoms with E-state index >= 15 is 0 Å². The van der Waals surface area contributed by atoms with Crippen LogP contribution in [-0.4, -0.2) is 19.2 Å². The molecule has 0 N–H and O–H groups in total. The molecule has 80 valence electrons. The molecule has 2 atom stereocenters. The largest absolute Gasteiger partial charge is 0.469 e. The van der Waals surface area contributed by atoms with Crippen molar-refractivity contribution in [2.75, 3.05) is 7.11 Å². The molecule has 1 aromatic carbocycles. The summed E-state index contributed by atoms with van der Waals surface area (Å²) in [6.07, 6.45) is 0.416. The third kappa shape index (κ3) is 2.36. The molecule has 3 heteroatoms. The summed E-state index contributed by atoms with van der Waals surface area (Å²) in [6, 6.07) is 8.17. The van der Waals surface area contributed by atoms with E-state index in [-0.39, 0.29) is 18.2 Å². The number of aryl methyl sites for hydroxylation is 1. The topological polar surface area (TPSA) is 38.8 Å². The average molecular weight is 206 g/mol. The van der Waals surface area contributed by atoms with Gasteiger partial charge in [0.15, 0.2) is 0 Å². The third-order valence-electron chi connectivity index (χ3n) is 2.58. The van der Waals surface area contributed by atoms with Gasteiger partial charge in [-0.3, -0.25) is 4.79 Å². The Kier molecular flexibility index (Phi) is 2.73. The summed E-state index contributed by atoms with van der Waals surface area (Å²) in [5.41, 5.74) is 2.36. The van der Waals surface area contributed by atoms with Gasteiger partial charge in [0.2, 0.25) is 0 Å². The first-order valence-corrected chi connectivity index (χ1v) is 4.99. The molecule has 0 unspecified atom stereocenters. The SMILES string of the molecule is COC(=O)C[C@H]1O[C@H]1c1ccc(C)cc1. The molecule has 1 aliphatic rings. The van der Waals surface area contributed by atoms with E-state index in [1.807, 2.05) is 31.2 Å². The van der Waals surface area contributed by atoms with Crippen molar-refractivity contribution in [3.05, 3.63) is 35.4 Å². The molecule has 1 heterocycles. The Hall–Kier alpha value is -1.35. The molecule has 15 heavy (non-hydrogen) atoms. The zero-order chi connectivity index (χ0) is 10.8. The molecule has 0 amide bonds. The number of hydrogen-bond donors (Lipinski definition) is 0. The highest BCUT2D eigenvalue weighted by atomic mass is 16.6. The molecule has 0 aromatic heterocycles. The maximum Gasteiger partial charge on any atom is 0.308 e. The molecule has 1 saturated heterocycles. The Balaban J connectivity index is 1.93. The Morgan fingerprint density at radius 1 is 1.40 bits per heavy atom. The summed E-state index contributed by atoms with van der Waals surface area (Å²) in [7, 11) is 1.39. The molecule has 1 aliphatic heterocycles. The molecule has 0 aliphatic carbocycles. The van der Waals surface area contributed by atoms with Crippen LogP contribution in [0.1, 0.15) is 23.7 Å². The molecule has 2 rings (SSSR count). The first kappa shape index (κ1) is 10.2. The van der Waals surface area contributed by atoms with Gasteiger partial charge in [0.1, 0.15) is 6.10 Å². The standard InChI is InChI=1S/C12H14O3/c1-8-3-5-9(6-4-8)12-10(15-12)7-11(13)14-2/h3-6,10,12H,7H2,1-2H3/t10-,12+/m1/s1. The molecule has 1 fully saturated rings. The Morgan fingerprint density at radius 2 is 2.07 bits per heavy atom. The maximum absolute atomic E-state index is 11.0. The van der Waals surface area contributed by atoms with E-state index in [9.17, 15) is 4.79 Å². The number of hydrogen-bond acceptors (Lipinski definition) is 3. The predicted octanol–water partition coefficient (Wildman–Crippen LogP) is 2.00. The van der Waals surface area contributed by atoms with Crippen LogP contribution >= 0.6 is 0 Å². The van der Waals surface area contributed by atoms with Crippen LogP contribution in [0.4, 0.5) is 0 Å². The Labute approximate surface area is 89.0 Å². The van der Waals surface area contributed by atoms with Gasteiger partial charge >= 0.3 is 5.97 Å². The van der Waals surface area contributed by atoms with Crippen molar-refractivity contribution in [1.29, 1.82) is 0 Å². The summed E-state index contributed by atoms with van der Waals surface area (Å²) in [4.78, 5) is 11.0.